The molecule has 0 spiro atoms. The molecule has 1 aliphatic carbocycles. The molecule has 0 fully saturated rings. The van der Waals surface area contributed by atoms with Gasteiger partial charge in [0.15, 0.2) is 11.7 Å². The highest BCUT2D eigenvalue weighted by molar-refractivity contribution is 5.72. The van der Waals surface area contributed by atoms with Gasteiger partial charge in [-0.1, -0.05) is 65.4 Å². The largest absolute Gasteiger partial charge is 0.422 e. The maximum Gasteiger partial charge on any atom is 0.422 e. The zero-order chi connectivity index (χ0) is 27.0. The maximum absolute atomic E-state index is 15.5. The summed E-state index contributed by atoms with van der Waals surface area (Å²) in [5.74, 6) is -0.0768. The molecule has 4 rings (SSSR count). The Morgan fingerprint density at radius 2 is 1.73 bits per heavy atom. The number of hydrogen-bond donors (Lipinski definition) is 0. The molecule has 1 aliphatic heterocycles. The summed E-state index contributed by atoms with van der Waals surface area (Å²) in [6.07, 6.45) is 8.40. The third kappa shape index (κ3) is 4.76. The van der Waals surface area contributed by atoms with E-state index in [1.165, 1.54) is 17.8 Å². The molecule has 37 heavy (non-hydrogen) atoms. The molecule has 2 heterocycles. The van der Waals surface area contributed by atoms with Crippen LogP contribution in [0.4, 0.5) is 17.6 Å². The van der Waals surface area contributed by atoms with E-state index in [9.17, 15) is 13.2 Å². The van der Waals surface area contributed by atoms with Gasteiger partial charge in [0.2, 0.25) is 5.69 Å². The van der Waals surface area contributed by atoms with Crippen molar-refractivity contribution in [2.45, 2.75) is 122 Å². The highest BCUT2D eigenvalue weighted by Crippen LogP contribution is 2.57. The van der Waals surface area contributed by atoms with Crippen molar-refractivity contribution < 1.29 is 22.1 Å². The van der Waals surface area contributed by atoms with Crippen molar-refractivity contribution in [1.29, 1.82) is 0 Å². The van der Waals surface area contributed by atoms with E-state index < -0.39 is 17.3 Å². The lowest BCUT2D eigenvalue weighted by atomic mass is 9.67. The van der Waals surface area contributed by atoms with Crippen molar-refractivity contribution in [3.8, 4) is 11.3 Å². The van der Waals surface area contributed by atoms with E-state index in [4.69, 9.17) is 0 Å². The second kappa shape index (κ2) is 10.5. The topological polar surface area (TPSA) is 3.88 Å². The number of fused-ring (bicyclic) bond motifs is 7. The molecule has 1 aromatic heterocycles. The van der Waals surface area contributed by atoms with Crippen molar-refractivity contribution in [2.75, 3.05) is 0 Å². The van der Waals surface area contributed by atoms with Gasteiger partial charge in [-0.05, 0) is 67.5 Å². The highest BCUT2D eigenvalue weighted by atomic mass is 19.4. The van der Waals surface area contributed by atoms with Crippen LogP contribution in [0.2, 0.25) is 0 Å². The summed E-state index contributed by atoms with van der Waals surface area (Å²) >= 11 is 0. The number of halogens is 4. The van der Waals surface area contributed by atoms with E-state index in [1.807, 2.05) is 4.57 Å². The molecular weight excluding hydrogens is 474 g/mol. The quantitative estimate of drug-likeness (QED) is 0.128. The van der Waals surface area contributed by atoms with Crippen LogP contribution >= 0.6 is 0 Å². The molecule has 3 unspecified atom stereocenters. The molecule has 2 aromatic rings. The fourth-order valence-electron chi connectivity index (χ4n) is 7.09. The summed E-state index contributed by atoms with van der Waals surface area (Å²) in [6.45, 7) is 10.6. The summed E-state index contributed by atoms with van der Waals surface area (Å²) in [7, 11) is 0. The van der Waals surface area contributed by atoms with Crippen molar-refractivity contribution in [3.05, 3.63) is 64.6 Å². The maximum atomic E-state index is 15.5. The number of allylic oxidation sites excluding steroid dienone is 2. The van der Waals surface area contributed by atoms with E-state index in [2.05, 4.69) is 40.7 Å². The van der Waals surface area contributed by atoms with Crippen molar-refractivity contribution in [1.82, 2.24) is 0 Å². The number of benzene rings is 1. The fraction of sp³-hybridized carbons (Fsp3) is 0.594. The second-order valence-corrected chi connectivity index (χ2v) is 11.3. The third-order valence-corrected chi connectivity index (χ3v) is 9.17. The van der Waals surface area contributed by atoms with E-state index in [1.54, 1.807) is 18.2 Å². The minimum absolute atomic E-state index is 0.159. The Bertz CT molecular complexity index is 1160. The van der Waals surface area contributed by atoms with Gasteiger partial charge in [0.05, 0.1) is 5.56 Å². The predicted molar refractivity (Wildman–Crippen MR) is 142 cm³/mol. The average Bonchev–Trinajstić information content (AvgIpc) is 3.11. The first-order chi connectivity index (χ1) is 17.6. The minimum Gasteiger partial charge on any atom is -0.207 e. The van der Waals surface area contributed by atoms with Gasteiger partial charge in [-0.2, -0.15) is 17.7 Å². The molecule has 2 aliphatic rings. The molecule has 202 valence electrons. The molecule has 5 heteroatoms. The van der Waals surface area contributed by atoms with Gasteiger partial charge in [0.25, 0.3) is 0 Å². The van der Waals surface area contributed by atoms with Crippen LogP contribution in [-0.4, -0.2) is 0 Å². The van der Waals surface area contributed by atoms with Crippen molar-refractivity contribution >= 4 is 0 Å². The Hall–Kier alpha value is -2.17. The highest BCUT2D eigenvalue weighted by Gasteiger charge is 2.57. The van der Waals surface area contributed by atoms with Crippen LogP contribution < -0.4 is 4.57 Å². The van der Waals surface area contributed by atoms with Crippen molar-refractivity contribution in [2.24, 2.45) is 0 Å². The SMILES string of the molecule is CCCCCC12CC(CC)(C=C1C)[n+]1cc(C(F)(F)F)ccc1-c1c(C(CC)CCCC)cc(F)cc12. The van der Waals surface area contributed by atoms with Gasteiger partial charge in [-0.25, -0.2) is 4.39 Å². The first kappa shape index (κ1) is 27.9. The van der Waals surface area contributed by atoms with Gasteiger partial charge < -0.3 is 0 Å². The summed E-state index contributed by atoms with van der Waals surface area (Å²) in [4.78, 5) is 0. The summed E-state index contributed by atoms with van der Waals surface area (Å²) < 4.78 is 59.3. The number of rotatable bonds is 10. The van der Waals surface area contributed by atoms with Crippen LogP contribution in [-0.2, 0) is 17.1 Å². The molecule has 0 N–H and O–H groups in total. The molecule has 0 radical (unpaired) electrons. The van der Waals surface area contributed by atoms with Crippen LogP contribution in [0.25, 0.3) is 11.3 Å². The Kier molecular flexibility index (Phi) is 7.93. The van der Waals surface area contributed by atoms with Crippen LogP contribution in [0.5, 0.6) is 0 Å². The first-order valence-electron chi connectivity index (χ1n) is 14.2. The Balaban J connectivity index is 2.10. The predicted octanol–water partition coefficient (Wildman–Crippen LogP) is 9.77. The monoisotopic (exact) mass is 516 g/mol. The molecular formula is C32H42F4N+. The lowest BCUT2D eigenvalue weighted by Crippen LogP contribution is -2.55. The summed E-state index contributed by atoms with van der Waals surface area (Å²) in [6, 6.07) is 6.23. The number of aromatic nitrogens is 1. The van der Waals surface area contributed by atoms with Crippen molar-refractivity contribution in [3.63, 3.8) is 0 Å². The van der Waals surface area contributed by atoms with E-state index in [0.717, 1.165) is 73.8 Å². The average molecular weight is 517 g/mol. The summed E-state index contributed by atoms with van der Waals surface area (Å²) in [5.41, 5.74) is 3.26. The number of hydrogen-bond acceptors (Lipinski definition) is 0. The van der Waals surface area contributed by atoms with E-state index >= 15 is 4.39 Å². The molecule has 2 bridgehead atoms. The van der Waals surface area contributed by atoms with Gasteiger partial charge in [0, 0.05) is 24.3 Å². The molecule has 0 saturated carbocycles. The van der Waals surface area contributed by atoms with Crippen LogP contribution in [0.1, 0.15) is 121 Å². The normalized spacial score (nSPS) is 23.3. The van der Waals surface area contributed by atoms with Gasteiger partial charge in [-0.3, -0.25) is 0 Å². The lowest BCUT2D eigenvalue weighted by molar-refractivity contribution is -0.744. The molecule has 1 aromatic carbocycles. The molecule has 0 saturated heterocycles. The Morgan fingerprint density at radius 3 is 2.35 bits per heavy atom. The Morgan fingerprint density at radius 1 is 1.00 bits per heavy atom. The van der Waals surface area contributed by atoms with Gasteiger partial charge >= 0.3 is 6.18 Å². The number of nitrogens with zero attached hydrogens (tertiary/aromatic N) is 1. The first-order valence-corrected chi connectivity index (χ1v) is 14.2. The van der Waals surface area contributed by atoms with Gasteiger partial charge in [-0.15, -0.1) is 0 Å². The number of unbranched alkanes of at least 4 members (excludes halogenated alkanes) is 3. The minimum atomic E-state index is -4.43. The smallest absolute Gasteiger partial charge is 0.207 e. The third-order valence-electron chi connectivity index (χ3n) is 9.17. The van der Waals surface area contributed by atoms with Crippen LogP contribution in [0.15, 0.2) is 42.1 Å². The number of alkyl halides is 3. The second-order valence-electron chi connectivity index (χ2n) is 11.3. The zero-order valence-corrected chi connectivity index (χ0v) is 23.1. The lowest BCUT2D eigenvalue weighted by Gasteiger charge is -2.34. The van der Waals surface area contributed by atoms with E-state index in [-0.39, 0.29) is 17.2 Å². The van der Waals surface area contributed by atoms with E-state index in [0.29, 0.717) is 12.8 Å². The van der Waals surface area contributed by atoms with Crippen LogP contribution in [0, 0.1) is 5.82 Å². The standard InChI is InChI=1S/C32H42F4N/c1-6-10-12-16-31-21-30(9-4,19-22(31)5)37-20-24(32(34,35)36)14-15-28(37)29-26(17-25(33)18-27(29)31)23(8-3)13-11-7-2/h14-15,17-20,23H,6-13,16,21H2,1-5H3/q+1. The number of pyridine rings is 1. The molecule has 3 atom stereocenters. The Labute approximate surface area is 220 Å². The fourth-order valence-corrected chi connectivity index (χ4v) is 7.09. The molecule has 0 amide bonds. The van der Waals surface area contributed by atoms with Crippen LogP contribution in [0.3, 0.4) is 0 Å². The summed E-state index contributed by atoms with van der Waals surface area (Å²) in [5, 5.41) is 0. The van der Waals surface area contributed by atoms with Gasteiger partial charge in [0.1, 0.15) is 11.4 Å². The zero-order valence-electron chi connectivity index (χ0n) is 23.1. The molecule has 1 nitrogen and oxygen atoms in total.